The van der Waals surface area contributed by atoms with Crippen molar-refractivity contribution in [2.24, 2.45) is 11.8 Å². The van der Waals surface area contributed by atoms with Crippen molar-refractivity contribution in [3.05, 3.63) is 0 Å². The Morgan fingerprint density at radius 2 is 0.526 bits per heavy atom. The van der Waals surface area contributed by atoms with Crippen molar-refractivity contribution in [1.29, 1.82) is 0 Å². The van der Waals surface area contributed by atoms with E-state index in [0.717, 1.165) is 108 Å². The summed E-state index contributed by atoms with van der Waals surface area (Å²) in [6, 6.07) is 0. The first-order chi connectivity index (χ1) is 46.9. The van der Waals surface area contributed by atoms with Crippen LogP contribution in [0.2, 0.25) is 0 Å². The standard InChI is InChI=1S/C78H152O17P2/c1-7-10-12-14-16-18-19-20-25-29-32-37-43-49-55-61-76(81)89-67-74(94-77(82)62-56-50-44-38-33-30-27-24-22-21-23-26-28-31-36-41-47-53-59-71(6)9-3)69-93-97(86,87)91-65-72(79)64-90-96(84,85)92-68-73(66-88-75(80)60-54-48-42-17-15-13-11-8-2)95-78(83)63-57-51-45-39-34-35-40-46-52-58-70(4)5/h70-74,79H,7-69H2,1-6H3,(H,84,85)(H,86,87)/t71?,72-,73+,74+/m0/s1. The molecule has 0 amide bonds. The molecule has 0 saturated carbocycles. The summed E-state index contributed by atoms with van der Waals surface area (Å²) in [4.78, 5) is 72.8. The van der Waals surface area contributed by atoms with Crippen molar-refractivity contribution >= 4 is 39.5 Å². The summed E-state index contributed by atoms with van der Waals surface area (Å²) in [5, 5.41) is 10.6. The Kier molecular flexibility index (Phi) is 68.4. The van der Waals surface area contributed by atoms with E-state index in [1.807, 2.05) is 0 Å². The lowest BCUT2D eigenvalue weighted by molar-refractivity contribution is -0.161. The number of esters is 4. The molecule has 0 fully saturated rings. The molecule has 0 rings (SSSR count). The normalized spacial score (nSPS) is 14.2. The number of unbranched alkanes of at least 4 members (excludes halogenated alkanes) is 46. The molecule has 0 spiro atoms. The van der Waals surface area contributed by atoms with Gasteiger partial charge < -0.3 is 33.8 Å². The van der Waals surface area contributed by atoms with E-state index in [9.17, 15) is 43.2 Å². The molecule has 0 aromatic rings. The summed E-state index contributed by atoms with van der Waals surface area (Å²) >= 11 is 0. The number of hydrogen-bond donors (Lipinski definition) is 3. The Bertz CT molecular complexity index is 1870. The molecule has 19 heteroatoms. The molecule has 6 atom stereocenters. The second kappa shape index (κ2) is 69.8. The van der Waals surface area contributed by atoms with Crippen LogP contribution >= 0.6 is 15.6 Å². The molecule has 0 aromatic heterocycles. The number of phosphoric ester groups is 2. The second-order valence-electron chi connectivity index (χ2n) is 28.8. The van der Waals surface area contributed by atoms with Gasteiger partial charge in [-0.15, -0.1) is 0 Å². The minimum atomic E-state index is -4.96. The first-order valence-corrected chi connectivity index (χ1v) is 43.5. The summed E-state index contributed by atoms with van der Waals surface area (Å²) < 4.78 is 68.5. The number of rotatable bonds is 77. The monoisotopic (exact) mass is 1420 g/mol. The van der Waals surface area contributed by atoms with Crippen LogP contribution in [0.3, 0.4) is 0 Å². The van der Waals surface area contributed by atoms with Crippen LogP contribution in [0.5, 0.6) is 0 Å². The molecule has 3 N–H and O–H groups in total. The van der Waals surface area contributed by atoms with Gasteiger partial charge in [-0.25, -0.2) is 9.13 Å². The van der Waals surface area contributed by atoms with Crippen molar-refractivity contribution in [2.75, 3.05) is 39.6 Å². The van der Waals surface area contributed by atoms with E-state index in [1.54, 1.807) is 0 Å². The number of carbonyl (C=O) groups is 4. The molecule has 3 unspecified atom stereocenters. The quantitative estimate of drug-likeness (QED) is 0.0222. The van der Waals surface area contributed by atoms with E-state index in [0.29, 0.717) is 25.7 Å². The highest BCUT2D eigenvalue weighted by molar-refractivity contribution is 7.47. The van der Waals surface area contributed by atoms with E-state index in [4.69, 9.17) is 37.0 Å². The fourth-order valence-corrected chi connectivity index (χ4v) is 13.6. The van der Waals surface area contributed by atoms with Crippen LogP contribution < -0.4 is 0 Å². The Morgan fingerprint density at radius 1 is 0.299 bits per heavy atom. The van der Waals surface area contributed by atoms with Crippen LogP contribution in [0.1, 0.15) is 408 Å². The molecule has 0 aliphatic rings. The van der Waals surface area contributed by atoms with Gasteiger partial charge in [-0.1, -0.05) is 356 Å². The van der Waals surface area contributed by atoms with Crippen molar-refractivity contribution in [3.8, 4) is 0 Å². The Labute approximate surface area is 594 Å². The molecule has 97 heavy (non-hydrogen) atoms. The summed E-state index contributed by atoms with van der Waals surface area (Å²) in [5.41, 5.74) is 0. The highest BCUT2D eigenvalue weighted by Crippen LogP contribution is 2.45. The topological polar surface area (TPSA) is 237 Å². The Hall–Kier alpha value is -1.94. The Balaban J connectivity index is 5.17. The highest BCUT2D eigenvalue weighted by Gasteiger charge is 2.30. The van der Waals surface area contributed by atoms with Gasteiger partial charge in [0.05, 0.1) is 26.4 Å². The molecule has 0 aromatic carbocycles. The van der Waals surface area contributed by atoms with Crippen molar-refractivity contribution in [1.82, 2.24) is 0 Å². The fourth-order valence-electron chi connectivity index (χ4n) is 12.0. The molecule has 0 radical (unpaired) electrons. The lowest BCUT2D eigenvalue weighted by atomic mass is 9.99. The zero-order valence-corrected chi connectivity index (χ0v) is 65.2. The summed E-state index contributed by atoms with van der Waals surface area (Å²) in [6.45, 7) is 9.63. The number of hydrogen-bond acceptors (Lipinski definition) is 15. The first-order valence-electron chi connectivity index (χ1n) is 40.5. The molecular weight excluding hydrogens is 1270 g/mol. The maximum absolute atomic E-state index is 13.1. The maximum Gasteiger partial charge on any atom is 0.472 e. The molecular formula is C78H152O17P2. The van der Waals surface area contributed by atoms with E-state index in [2.05, 4.69) is 41.5 Å². The molecule has 17 nitrogen and oxygen atoms in total. The summed E-state index contributed by atoms with van der Waals surface area (Å²) in [6.07, 6.45) is 58.4. The van der Waals surface area contributed by atoms with Crippen LogP contribution in [0.25, 0.3) is 0 Å². The van der Waals surface area contributed by atoms with Crippen LogP contribution in [0, 0.1) is 11.8 Å². The number of aliphatic hydroxyl groups is 1. The molecule has 0 aliphatic heterocycles. The lowest BCUT2D eigenvalue weighted by Crippen LogP contribution is -2.30. The van der Waals surface area contributed by atoms with Gasteiger partial charge in [0.1, 0.15) is 19.3 Å². The third-order valence-corrected chi connectivity index (χ3v) is 20.5. The molecule has 0 bridgehead atoms. The van der Waals surface area contributed by atoms with Crippen LogP contribution in [0.15, 0.2) is 0 Å². The van der Waals surface area contributed by atoms with Crippen LogP contribution in [-0.4, -0.2) is 96.7 Å². The van der Waals surface area contributed by atoms with Crippen molar-refractivity contribution in [3.63, 3.8) is 0 Å². The number of phosphoric acid groups is 2. The zero-order chi connectivity index (χ0) is 71.4. The SMILES string of the molecule is CCCCCCCCCCCCCCCCCC(=O)OC[C@H](COP(=O)(O)OC[C@@H](O)COP(=O)(O)OC[C@@H](COC(=O)CCCCCCCCCC)OC(=O)CCCCCCCCCCCC(C)C)OC(=O)CCCCCCCCCCCCCCCCCCCCC(C)CC. The lowest BCUT2D eigenvalue weighted by Gasteiger charge is -2.21. The summed E-state index contributed by atoms with van der Waals surface area (Å²) in [5.74, 6) is -0.508. The zero-order valence-electron chi connectivity index (χ0n) is 63.4. The number of ether oxygens (including phenoxy) is 4. The predicted octanol–water partition coefficient (Wildman–Crippen LogP) is 23.1. The Morgan fingerprint density at radius 3 is 0.784 bits per heavy atom. The molecule has 0 aliphatic carbocycles. The van der Waals surface area contributed by atoms with Gasteiger partial charge >= 0.3 is 39.5 Å². The van der Waals surface area contributed by atoms with E-state index >= 15 is 0 Å². The molecule has 0 heterocycles. The van der Waals surface area contributed by atoms with Gasteiger partial charge in [0.25, 0.3) is 0 Å². The van der Waals surface area contributed by atoms with Crippen LogP contribution in [-0.2, 0) is 65.4 Å². The van der Waals surface area contributed by atoms with Gasteiger partial charge in [0.15, 0.2) is 12.2 Å². The third-order valence-electron chi connectivity index (χ3n) is 18.6. The van der Waals surface area contributed by atoms with Gasteiger partial charge in [-0.2, -0.15) is 0 Å². The van der Waals surface area contributed by atoms with Gasteiger partial charge in [0, 0.05) is 25.7 Å². The number of carbonyl (C=O) groups excluding carboxylic acids is 4. The maximum atomic E-state index is 13.1. The van der Waals surface area contributed by atoms with Gasteiger partial charge in [-0.05, 0) is 37.5 Å². The third kappa shape index (κ3) is 70.9. The van der Waals surface area contributed by atoms with Crippen LogP contribution in [0.4, 0.5) is 0 Å². The summed E-state index contributed by atoms with van der Waals surface area (Å²) in [7, 11) is -9.91. The average Bonchev–Trinajstić information content (AvgIpc) is 1.22. The average molecular weight is 1420 g/mol. The van der Waals surface area contributed by atoms with Gasteiger partial charge in [-0.3, -0.25) is 37.3 Å². The fraction of sp³-hybridized carbons (Fsp3) is 0.949. The molecule has 576 valence electrons. The van der Waals surface area contributed by atoms with E-state index in [1.165, 1.54) is 218 Å². The van der Waals surface area contributed by atoms with Crippen molar-refractivity contribution in [2.45, 2.75) is 426 Å². The smallest absolute Gasteiger partial charge is 0.462 e. The van der Waals surface area contributed by atoms with Crippen molar-refractivity contribution < 1.29 is 80.2 Å². The predicted molar refractivity (Wildman–Crippen MR) is 395 cm³/mol. The second-order valence-corrected chi connectivity index (χ2v) is 31.7. The first kappa shape index (κ1) is 95.1. The largest absolute Gasteiger partial charge is 0.472 e. The molecule has 0 saturated heterocycles. The number of aliphatic hydroxyl groups excluding tert-OH is 1. The highest BCUT2D eigenvalue weighted by atomic mass is 31.2. The van der Waals surface area contributed by atoms with E-state index in [-0.39, 0.29) is 25.7 Å². The van der Waals surface area contributed by atoms with E-state index < -0.39 is 97.5 Å². The minimum Gasteiger partial charge on any atom is -0.462 e. The van der Waals surface area contributed by atoms with Gasteiger partial charge in [0.2, 0.25) is 0 Å². The minimum absolute atomic E-state index is 0.105.